The smallest absolute Gasteiger partial charge is 0.242 e. The highest BCUT2D eigenvalue weighted by Gasteiger charge is 2.16. The van der Waals surface area contributed by atoms with Gasteiger partial charge in [0.1, 0.15) is 4.90 Å². The molecule has 0 spiro atoms. The first-order chi connectivity index (χ1) is 7.97. The fraction of sp³-hybridized carbons (Fsp3) is 0.455. The van der Waals surface area contributed by atoms with Crippen LogP contribution in [-0.2, 0) is 10.0 Å². The number of sulfonamides is 1. The molecule has 0 saturated heterocycles. The van der Waals surface area contributed by atoms with Gasteiger partial charge in [0.15, 0.2) is 0 Å². The first-order valence-corrected chi connectivity index (χ1v) is 7.25. The zero-order valence-electron chi connectivity index (χ0n) is 9.56. The van der Waals surface area contributed by atoms with E-state index in [1.165, 1.54) is 12.1 Å². The van der Waals surface area contributed by atoms with Gasteiger partial charge in [0, 0.05) is 6.54 Å². The van der Waals surface area contributed by atoms with E-state index < -0.39 is 16.1 Å². The van der Waals surface area contributed by atoms with E-state index in [4.69, 9.17) is 11.6 Å². The molecule has 0 aliphatic rings. The maximum atomic E-state index is 11.8. The van der Waals surface area contributed by atoms with Crippen LogP contribution in [-0.4, -0.2) is 26.2 Å². The van der Waals surface area contributed by atoms with Crippen molar-refractivity contribution >= 4 is 21.6 Å². The number of rotatable bonds is 6. The lowest BCUT2D eigenvalue weighted by atomic mass is 10.2. The van der Waals surface area contributed by atoms with E-state index >= 15 is 0 Å². The average molecular weight is 278 g/mol. The van der Waals surface area contributed by atoms with Gasteiger partial charge < -0.3 is 5.11 Å². The predicted octanol–water partition coefficient (Wildman–Crippen LogP) is 1.78. The van der Waals surface area contributed by atoms with E-state index in [9.17, 15) is 13.5 Å². The Labute approximate surface area is 107 Å². The van der Waals surface area contributed by atoms with Crippen LogP contribution in [0.3, 0.4) is 0 Å². The monoisotopic (exact) mass is 277 g/mol. The molecule has 1 atom stereocenters. The van der Waals surface area contributed by atoms with Gasteiger partial charge in [-0.3, -0.25) is 0 Å². The van der Waals surface area contributed by atoms with Crippen molar-refractivity contribution in [2.24, 2.45) is 0 Å². The lowest BCUT2D eigenvalue weighted by Gasteiger charge is -2.10. The Hall–Kier alpha value is -0.620. The van der Waals surface area contributed by atoms with Gasteiger partial charge in [-0.1, -0.05) is 30.7 Å². The largest absolute Gasteiger partial charge is 0.393 e. The fourth-order valence-corrected chi connectivity index (χ4v) is 2.87. The Morgan fingerprint density at radius 2 is 2.06 bits per heavy atom. The lowest BCUT2D eigenvalue weighted by molar-refractivity contribution is 0.162. The molecular weight excluding hydrogens is 262 g/mol. The second-order valence-electron chi connectivity index (χ2n) is 3.68. The second kappa shape index (κ2) is 6.35. The van der Waals surface area contributed by atoms with Gasteiger partial charge in [0.05, 0.1) is 11.1 Å². The van der Waals surface area contributed by atoms with Crippen molar-refractivity contribution in [3.05, 3.63) is 29.3 Å². The Kier molecular flexibility index (Phi) is 5.39. The number of aliphatic hydroxyl groups is 1. The van der Waals surface area contributed by atoms with E-state index in [-0.39, 0.29) is 16.5 Å². The molecule has 0 fully saturated rings. The lowest BCUT2D eigenvalue weighted by Crippen LogP contribution is -2.27. The van der Waals surface area contributed by atoms with Crippen molar-refractivity contribution in [2.75, 3.05) is 6.54 Å². The minimum absolute atomic E-state index is 0.0626. The van der Waals surface area contributed by atoms with Crippen LogP contribution in [0.5, 0.6) is 0 Å². The van der Waals surface area contributed by atoms with Crippen molar-refractivity contribution < 1.29 is 13.5 Å². The Morgan fingerprint density at radius 3 is 2.65 bits per heavy atom. The molecule has 0 amide bonds. The third-order valence-electron chi connectivity index (χ3n) is 2.37. The van der Waals surface area contributed by atoms with E-state index in [0.717, 1.165) is 0 Å². The van der Waals surface area contributed by atoms with E-state index in [0.29, 0.717) is 12.8 Å². The molecule has 17 heavy (non-hydrogen) atoms. The molecular formula is C11H16ClNO3S. The molecule has 96 valence electrons. The molecule has 1 unspecified atom stereocenters. The van der Waals surface area contributed by atoms with Crippen molar-refractivity contribution in [3.8, 4) is 0 Å². The van der Waals surface area contributed by atoms with Crippen LogP contribution in [0.25, 0.3) is 0 Å². The van der Waals surface area contributed by atoms with Gasteiger partial charge in [-0.25, -0.2) is 13.1 Å². The number of hydrogen-bond acceptors (Lipinski definition) is 3. The molecule has 6 heteroatoms. The molecule has 1 rings (SSSR count). The van der Waals surface area contributed by atoms with Crippen LogP contribution in [0.15, 0.2) is 29.2 Å². The Morgan fingerprint density at radius 1 is 1.41 bits per heavy atom. The van der Waals surface area contributed by atoms with E-state index in [2.05, 4.69) is 4.72 Å². The maximum Gasteiger partial charge on any atom is 0.242 e. The summed E-state index contributed by atoms with van der Waals surface area (Å²) in [7, 11) is -3.59. The normalized spacial score (nSPS) is 13.6. The summed E-state index contributed by atoms with van der Waals surface area (Å²) in [6.45, 7) is 2.04. The van der Waals surface area contributed by atoms with Crippen molar-refractivity contribution in [3.63, 3.8) is 0 Å². The van der Waals surface area contributed by atoms with E-state index in [1.807, 2.05) is 6.92 Å². The standard InChI is InChI=1S/C11H16ClNO3S/c1-2-9(14)7-8-13-17(15,16)11-6-4-3-5-10(11)12/h3-6,9,13-14H,2,7-8H2,1H3. The molecule has 0 bridgehead atoms. The topological polar surface area (TPSA) is 66.4 Å². The van der Waals surface area contributed by atoms with Gasteiger partial charge >= 0.3 is 0 Å². The van der Waals surface area contributed by atoms with Crippen molar-refractivity contribution in [2.45, 2.75) is 30.8 Å². The van der Waals surface area contributed by atoms with Crippen LogP contribution in [0.4, 0.5) is 0 Å². The highest BCUT2D eigenvalue weighted by Crippen LogP contribution is 2.19. The first kappa shape index (κ1) is 14.4. The summed E-state index contributed by atoms with van der Waals surface area (Å²) in [5, 5.41) is 9.51. The number of nitrogens with one attached hydrogen (secondary N) is 1. The number of halogens is 1. The molecule has 1 aromatic carbocycles. The quantitative estimate of drug-likeness (QED) is 0.833. The zero-order chi connectivity index (χ0) is 12.9. The molecule has 0 aliphatic heterocycles. The van der Waals surface area contributed by atoms with Crippen molar-refractivity contribution in [1.82, 2.24) is 4.72 Å². The van der Waals surface area contributed by atoms with Gasteiger partial charge in [-0.05, 0) is 25.0 Å². The molecule has 0 aliphatic carbocycles. The van der Waals surface area contributed by atoms with Gasteiger partial charge in [0.25, 0.3) is 0 Å². The molecule has 0 aromatic heterocycles. The van der Waals surface area contributed by atoms with Gasteiger partial charge in [0.2, 0.25) is 10.0 Å². The summed E-state index contributed by atoms with van der Waals surface area (Å²) in [6.07, 6.45) is 0.512. The van der Waals surface area contributed by atoms with Crippen LogP contribution in [0.1, 0.15) is 19.8 Å². The highest BCUT2D eigenvalue weighted by molar-refractivity contribution is 7.89. The van der Waals surface area contributed by atoms with Crippen LogP contribution >= 0.6 is 11.6 Å². The molecule has 1 aromatic rings. The molecule has 2 N–H and O–H groups in total. The number of aliphatic hydroxyl groups excluding tert-OH is 1. The summed E-state index contributed by atoms with van der Waals surface area (Å²) < 4.78 is 26.1. The predicted molar refractivity (Wildman–Crippen MR) is 67.6 cm³/mol. The van der Waals surface area contributed by atoms with Crippen LogP contribution in [0.2, 0.25) is 5.02 Å². The zero-order valence-corrected chi connectivity index (χ0v) is 11.1. The second-order valence-corrected chi connectivity index (χ2v) is 5.82. The third kappa shape index (κ3) is 4.27. The third-order valence-corrected chi connectivity index (χ3v) is 4.33. The van der Waals surface area contributed by atoms with Gasteiger partial charge in [-0.15, -0.1) is 0 Å². The Balaban J connectivity index is 2.67. The average Bonchev–Trinajstić information content (AvgIpc) is 2.28. The Bertz CT molecular complexity index is 462. The minimum Gasteiger partial charge on any atom is -0.393 e. The van der Waals surface area contributed by atoms with E-state index in [1.54, 1.807) is 12.1 Å². The molecule has 4 nitrogen and oxygen atoms in total. The highest BCUT2D eigenvalue weighted by atomic mass is 35.5. The van der Waals surface area contributed by atoms with Gasteiger partial charge in [-0.2, -0.15) is 0 Å². The SMILES string of the molecule is CCC(O)CCNS(=O)(=O)c1ccccc1Cl. The summed E-state index contributed by atoms with van der Waals surface area (Å²) in [4.78, 5) is 0.0626. The summed E-state index contributed by atoms with van der Waals surface area (Å²) >= 11 is 5.81. The number of hydrogen-bond donors (Lipinski definition) is 2. The molecule has 0 heterocycles. The van der Waals surface area contributed by atoms with Crippen LogP contribution in [0, 0.1) is 0 Å². The molecule has 0 radical (unpaired) electrons. The minimum atomic E-state index is -3.59. The van der Waals surface area contributed by atoms with Crippen LogP contribution < -0.4 is 4.72 Å². The first-order valence-electron chi connectivity index (χ1n) is 5.39. The summed E-state index contributed by atoms with van der Waals surface area (Å²) in [5.74, 6) is 0. The van der Waals surface area contributed by atoms with Crippen molar-refractivity contribution in [1.29, 1.82) is 0 Å². The maximum absolute atomic E-state index is 11.8. The summed E-state index contributed by atoms with van der Waals surface area (Å²) in [5.41, 5.74) is 0. The number of benzene rings is 1. The summed E-state index contributed by atoms with van der Waals surface area (Å²) in [6, 6.07) is 6.25. The molecule has 0 saturated carbocycles. The fourth-order valence-electron chi connectivity index (χ4n) is 1.30.